The third-order valence-electron chi connectivity index (χ3n) is 4.90. The highest BCUT2D eigenvalue weighted by molar-refractivity contribution is 5.90. The zero-order valence-corrected chi connectivity index (χ0v) is 17.7. The van der Waals surface area contributed by atoms with Gasteiger partial charge in [-0.05, 0) is 47.9 Å². The van der Waals surface area contributed by atoms with Crippen LogP contribution < -0.4 is 18.9 Å². The molecule has 0 fully saturated rings. The Morgan fingerprint density at radius 3 is 1.62 bits per heavy atom. The minimum Gasteiger partial charge on any atom is -0.497 e. The van der Waals surface area contributed by atoms with Crippen molar-refractivity contribution in [2.75, 3.05) is 28.4 Å². The molecule has 4 heteroatoms. The molecule has 0 heterocycles. The quantitative estimate of drug-likeness (QED) is 0.486. The number of ether oxygens (including phenoxy) is 4. The van der Waals surface area contributed by atoms with E-state index in [0.29, 0.717) is 5.75 Å². The van der Waals surface area contributed by atoms with E-state index in [1.807, 2.05) is 48.5 Å². The molecular formula is C25H27O4. The van der Waals surface area contributed by atoms with Crippen LogP contribution in [0.25, 0.3) is 22.3 Å². The van der Waals surface area contributed by atoms with Crippen molar-refractivity contribution in [3.05, 3.63) is 60.2 Å². The summed E-state index contributed by atoms with van der Waals surface area (Å²) in [7, 11) is 6.68. The monoisotopic (exact) mass is 391 g/mol. The molecule has 3 rings (SSSR count). The van der Waals surface area contributed by atoms with Gasteiger partial charge in [0.05, 0.1) is 28.4 Å². The van der Waals surface area contributed by atoms with E-state index >= 15 is 0 Å². The Hall–Kier alpha value is -3.14. The second-order valence-corrected chi connectivity index (χ2v) is 6.63. The number of hydrogen-bond donors (Lipinski definition) is 0. The van der Waals surface area contributed by atoms with Gasteiger partial charge in [-0.25, -0.2) is 0 Å². The molecule has 0 aliphatic heterocycles. The maximum atomic E-state index is 5.87. The van der Waals surface area contributed by atoms with Gasteiger partial charge in [-0.1, -0.05) is 37.6 Å². The van der Waals surface area contributed by atoms with Crippen LogP contribution in [0, 0.1) is 6.07 Å². The smallest absolute Gasteiger partial charge is 0.169 e. The minimum atomic E-state index is 0.714. The van der Waals surface area contributed by atoms with E-state index in [1.54, 1.807) is 28.4 Å². The molecule has 0 aromatic heterocycles. The van der Waals surface area contributed by atoms with Crippen LogP contribution in [-0.2, 0) is 6.42 Å². The Kier molecular flexibility index (Phi) is 6.65. The highest BCUT2D eigenvalue weighted by atomic mass is 16.5. The average Bonchev–Trinajstić information content (AvgIpc) is 2.78. The van der Waals surface area contributed by atoms with Gasteiger partial charge in [-0.3, -0.25) is 0 Å². The van der Waals surface area contributed by atoms with Gasteiger partial charge in [0.2, 0.25) is 0 Å². The Balaban J connectivity index is 2.31. The Morgan fingerprint density at radius 2 is 1.17 bits per heavy atom. The molecule has 151 valence electrons. The summed E-state index contributed by atoms with van der Waals surface area (Å²) in [5.41, 5.74) is 4.96. The van der Waals surface area contributed by atoms with E-state index in [1.165, 1.54) is 0 Å². The fourth-order valence-corrected chi connectivity index (χ4v) is 3.48. The van der Waals surface area contributed by atoms with Gasteiger partial charge in [0.1, 0.15) is 11.5 Å². The summed E-state index contributed by atoms with van der Waals surface area (Å²) in [6.45, 7) is 2.14. The molecule has 0 N–H and O–H groups in total. The van der Waals surface area contributed by atoms with Gasteiger partial charge in [0, 0.05) is 16.7 Å². The standard InChI is InChI=1S/C25H27O4/c1-6-7-19-16-22(17-8-12-20(26-2)13-9-17)23(25(29-5)24(19)28-4)18-10-14-21(27-3)15-11-18/h8-15H,6-7H2,1-5H3. The molecule has 0 bridgehead atoms. The lowest BCUT2D eigenvalue weighted by atomic mass is 9.90. The molecule has 4 nitrogen and oxygen atoms in total. The van der Waals surface area contributed by atoms with Crippen LogP contribution in [0.15, 0.2) is 48.5 Å². The highest BCUT2D eigenvalue weighted by Crippen LogP contribution is 2.47. The van der Waals surface area contributed by atoms with Crippen molar-refractivity contribution in [1.82, 2.24) is 0 Å². The Bertz CT molecular complexity index is 944. The van der Waals surface area contributed by atoms with Gasteiger partial charge in [0.15, 0.2) is 11.5 Å². The maximum Gasteiger partial charge on any atom is 0.169 e. The van der Waals surface area contributed by atoms with Gasteiger partial charge in [-0.2, -0.15) is 0 Å². The molecule has 3 aromatic rings. The van der Waals surface area contributed by atoms with Crippen LogP contribution in [0.4, 0.5) is 0 Å². The van der Waals surface area contributed by atoms with E-state index < -0.39 is 0 Å². The maximum absolute atomic E-state index is 5.87. The fraction of sp³-hybridized carbons (Fsp3) is 0.280. The van der Waals surface area contributed by atoms with E-state index in [4.69, 9.17) is 18.9 Å². The molecule has 0 unspecified atom stereocenters. The molecule has 0 aliphatic rings. The molecule has 0 amide bonds. The summed E-state index contributed by atoms with van der Waals surface area (Å²) in [5, 5.41) is 0. The average molecular weight is 391 g/mol. The van der Waals surface area contributed by atoms with E-state index in [2.05, 4.69) is 13.0 Å². The lowest BCUT2D eigenvalue weighted by Gasteiger charge is -2.21. The van der Waals surface area contributed by atoms with Crippen LogP contribution in [0.5, 0.6) is 23.0 Å². The fourth-order valence-electron chi connectivity index (χ4n) is 3.48. The van der Waals surface area contributed by atoms with E-state index in [9.17, 15) is 0 Å². The summed E-state index contributed by atoms with van der Waals surface area (Å²) >= 11 is 0. The minimum absolute atomic E-state index is 0.714. The van der Waals surface area contributed by atoms with Crippen LogP contribution >= 0.6 is 0 Å². The number of rotatable bonds is 8. The molecule has 29 heavy (non-hydrogen) atoms. The molecule has 0 saturated heterocycles. The van der Waals surface area contributed by atoms with Crippen LogP contribution in [0.1, 0.15) is 18.9 Å². The third kappa shape index (κ3) is 4.16. The normalized spacial score (nSPS) is 10.5. The molecule has 0 saturated carbocycles. The predicted octanol–water partition coefficient (Wildman–Crippen LogP) is 5.81. The van der Waals surface area contributed by atoms with Gasteiger partial charge in [0.25, 0.3) is 0 Å². The number of hydrogen-bond acceptors (Lipinski definition) is 4. The molecule has 3 aromatic carbocycles. The summed E-state index contributed by atoms with van der Waals surface area (Å²) in [6, 6.07) is 19.5. The number of benzene rings is 3. The first-order valence-corrected chi connectivity index (χ1v) is 9.65. The zero-order valence-electron chi connectivity index (χ0n) is 17.7. The second-order valence-electron chi connectivity index (χ2n) is 6.63. The molecule has 1 radical (unpaired) electrons. The molecule has 0 aliphatic carbocycles. The van der Waals surface area contributed by atoms with Crippen molar-refractivity contribution in [1.29, 1.82) is 0 Å². The SMILES string of the molecule is CCCc1[c]c(-c2ccc(OC)cc2)c(-c2ccc(OC)cc2)c(OC)c1OC. The summed E-state index contributed by atoms with van der Waals surface area (Å²) in [6.07, 6.45) is 1.84. The van der Waals surface area contributed by atoms with Gasteiger partial charge in [-0.15, -0.1) is 0 Å². The second kappa shape index (κ2) is 9.37. The number of aryl methyl sites for hydroxylation is 1. The summed E-state index contributed by atoms with van der Waals surface area (Å²) < 4.78 is 22.3. The number of methoxy groups -OCH3 is 4. The molecule has 0 atom stereocenters. The lowest BCUT2D eigenvalue weighted by Crippen LogP contribution is -2.01. The van der Waals surface area contributed by atoms with Gasteiger partial charge < -0.3 is 18.9 Å². The lowest BCUT2D eigenvalue weighted by molar-refractivity contribution is 0.353. The summed E-state index contributed by atoms with van der Waals surface area (Å²) in [4.78, 5) is 0. The van der Waals surface area contributed by atoms with Crippen LogP contribution in [-0.4, -0.2) is 28.4 Å². The van der Waals surface area contributed by atoms with Crippen LogP contribution in [0.2, 0.25) is 0 Å². The Morgan fingerprint density at radius 1 is 0.655 bits per heavy atom. The van der Waals surface area contributed by atoms with E-state index in [-0.39, 0.29) is 0 Å². The van der Waals surface area contributed by atoms with Crippen LogP contribution in [0.3, 0.4) is 0 Å². The molecule has 0 spiro atoms. The van der Waals surface area contributed by atoms with Crippen molar-refractivity contribution in [2.45, 2.75) is 19.8 Å². The predicted molar refractivity (Wildman–Crippen MR) is 116 cm³/mol. The first-order valence-electron chi connectivity index (χ1n) is 9.65. The van der Waals surface area contributed by atoms with Crippen molar-refractivity contribution >= 4 is 0 Å². The van der Waals surface area contributed by atoms with Crippen molar-refractivity contribution in [3.63, 3.8) is 0 Å². The summed E-state index contributed by atoms with van der Waals surface area (Å²) in [5.74, 6) is 3.06. The first-order chi connectivity index (χ1) is 14.2. The zero-order chi connectivity index (χ0) is 20.8. The first kappa shape index (κ1) is 20.6. The Labute approximate surface area is 173 Å². The molecular weight excluding hydrogens is 364 g/mol. The largest absolute Gasteiger partial charge is 0.497 e. The topological polar surface area (TPSA) is 36.9 Å². The third-order valence-corrected chi connectivity index (χ3v) is 4.90. The van der Waals surface area contributed by atoms with Crippen molar-refractivity contribution in [3.8, 4) is 45.3 Å². The van der Waals surface area contributed by atoms with E-state index in [0.717, 1.165) is 57.9 Å². The van der Waals surface area contributed by atoms with Gasteiger partial charge >= 0.3 is 0 Å². The highest BCUT2D eigenvalue weighted by Gasteiger charge is 2.22. The van der Waals surface area contributed by atoms with Crippen molar-refractivity contribution < 1.29 is 18.9 Å². The van der Waals surface area contributed by atoms with Crippen molar-refractivity contribution in [2.24, 2.45) is 0 Å².